The van der Waals surface area contributed by atoms with Crippen molar-refractivity contribution in [2.24, 2.45) is 0 Å². The van der Waals surface area contributed by atoms with Crippen LogP contribution in [-0.2, 0) is 10.0 Å². The highest BCUT2D eigenvalue weighted by Crippen LogP contribution is 2.25. The predicted octanol–water partition coefficient (Wildman–Crippen LogP) is 3.42. The standard InChI is InChI=1S/C12H8ClF2NO2S/c13-8-4-1-2-7-11(8)19(17,18)16-12-9(14)5-3-6-10(12)15/h1-7,16H. The van der Waals surface area contributed by atoms with E-state index in [2.05, 4.69) is 0 Å². The average molecular weight is 304 g/mol. The molecule has 3 nitrogen and oxygen atoms in total. The second-order valence-corrected chi connectivity index (χ2v) is 5.69. The molecule has 0 aliphatic carbocycles. The maximum absolute atomic E-state index is 13.4. The van der Waals surface area contributed by atoms with Crippen molar-refractivity contribution in [3.63, 3.8) is 0 Å². The Kier molecular flexibility index (Phi) is 3.73. The van der Waals surface area contributed by atoms with Gasteiger partial charge >= 0.3 is 0 Å². The van der Waals surface area contributed by atoms with Crippen LogP contribution in [0.4, 0.5) is 14.5 Å². The first-order valence-electron chi connectivity index (χ1n) is 5.13. The minimum absolute atomic E-state index is 0.0354. The lowest BCUT2D eigenvalue weighted by atomic mass is 10.3. The summed E-state index contributed by atoms with van der Waals surface area (Å²) in [6, 6.07) is 8.65. The van der Waals surface area contributed by atoms with Crippen LogP contribution in [0.5, 0.6) is 0 Å². The first-order valence-corrected chi connectivity index (χ1v) is 6.99. The Morgan fingerprint density at radius 1 is 0.947 bits per heavy atom. The molecule has 19 heavy (non-hydrogen) atoms. The number of para-hydroxylation sites is 1. The van der Waals surface area contributed by atoms with Gasteiger partial charge in [-0.1, -0.05) is 29.8 Å². The summed E-state index contributed by atoms with van der Waals surface area (Å²) in [6.07, 6.45) is 0. The minimum atomic E-state index is -4.15. The van der Waals surface area contributed by atoms with Gasteiger partial charge in [-0.3, -0.25) is 4.72 Å². The van der Waals surface area contributed by atoms with E-state index in [1.165, 1.54) is 18.2 Å². The fourth-order valence-electron chi connectivity index (χ4n) is 1.45. The second kappa shape index (κ2) is 5.14. The largest absolute Gasteiger partial charge is 0.274 e. The number of sulfonamides is 1. The Bertz CT molecular complexity index is 699. The van der Waals surface area contributed by atoms with Crippen LogP contribution < -0.4 is 4.72 Å². The zero-order valence-electron chi connectivity index (χ0n) is 9.40. The third kappa shape index (κ3) is 2.85. The van der Waals surface area contributed by atoms with Crippen molar-refractivity contribution < 1.29 is 17.2 Å². The van der Waals surface area contributed by atoms with E-state index in [-0.39, 0.29) is 9.92 Å². The van der Waals surface area contributed by atoms with Crippen molar-refractivity contribution >= 4 is 27.3 Å². The quantitative estimate of drug-likeness (QED) is 0.944. The molecule has 0 saturated heterocycles. The van der Waals surface area contributed by atoms with E-state index in [1.807, 2.05) is 4.72 Å². The summed E-state index contributed by atoms with van der Waals surface area (Å²) in [7, 11) is -4.15. The third-order valence-electron chi connectivity index (χ3n) is 2.33. The van der Waals surface area contributed by atoms with Gasteiger partial charge in [-0.25, -0.2) is 17.2 Å². The molecule has 0 spiro atoms. The van der Waals surface area contributed by atoms with E-state index in [9.17, 15) is 17.2 Å². The molecule has 0 unspecified atom stereocenters. The zero-order valence-corrected chi connectivity index (χ0v) is 11.0. The molecule has 0 fully saturated rings. The predicted molar refractivity (Wildman–Crippen MR) is 68.6 cm³/mol. The number of hydrogen-bond acceptors (Lipinski definition) is 2. The van der Waals surface area contributed by atoms with E-state index in [0.29, 0.717) is 0 Å². The normalized spacial score (nSPS) is 11.3. The summed E-state index contributed by atoms with van der Waals surface area (Å²) in [5, 5.41) is -0.0354. The summed E-state index contributed by atoms with van der Waals surface area (Å²) in [4.78, 5) is -0.251. The lowest BCUT2D eigenvalue weighted by Crippen LogP contribution is -2.15. The minimum Gasteiger partial charge on any atom is -0.274 e. The Morgan fingerprint density at radius 3 is 2.11 bits per heavy atom. The molecule has 2 aromatic carbocycles. The lowest BCUT2D eigenvalue weighted by Gasteiger charge is -2.10. The molecule has 0 amide bonds. The second-order valence-electron chi connectivity index (χ2n) is 3.63. The molecule has 2 rings (SSSR count). The third-order valence-corrected chi connectivity index (χ3v) is 4.17. The molecule has 0 heterocycles. The van der Waals surface area contributed by atoms with Gasteiger partial charge in [0.2, 0.25) is 0 Å². The summed E-state index contributed by atoms with van der Waals surface area (Å²) < 4.78 is 52.6. The SMILES string of the molecule is O=S(=O)(Nc1c(F)cccc1F)c1ccccc1Cl. The van der Waals surface area contributed by atoms with E-state index >= 15 is 0 Å². The van der Waals surface area contributed by atoms with Crippen LogP contribution >= 0.6 is 11.6 Å². The van der Waals surface area contributed by atoms with E-state index in [4.69, 9.17) is 11.6 Å². The molecule has 0 aliphatic rings. The molecule has 0 bridgehead atoms. The first-order chi connectivity index (χ1) is 8.92. The number of benzene rings is 2. The molecule has 100 valence electrons. The highest BCUT2D eigenvalue weighted by atomic mass is 35.5. The van der Waals surface area contributed by atoms with Crippen molar-refractivity contribution in [2.45, 2.75) is 4.90 Å². The molecule has 0 aromatic heterocycles. The van der Waals surface area contributed by atoms with Crippen LogP contribution in [0.2, 0.25) is 5.02 Å². The highest BCUT2D eigenvalue weighted by molar-refractivity contribution is 7.92. The van der Waals surface area contributed by atoms with Gasteiger partial charge in [0.25, 0.3) is 10.0 Å². The first kappa shape index (κ1) is 13.8. The molecular weight excluding hydrogens is 296 g/mol. The number of hydrogen-bond donors (Lipinski definition) is 1. The fourth-order valence-corrected chi connectivity index (χ4v) is 3.04. The van der Waals surface area contributed by atoms with Crippen LogP contribution in [0.3, 0.4) is 0 Å². The molecule has 0 saturated carbocycles. The van der Waals surface area contributed by atoms with Gasteiger partial charge in [0, 0.05) is 0 Å². The number of nitrogens with one attached hydrogen (secondary N) is 1. The van der Waals surface area contributed by atoms with Gasteiger partial charge in [-0.15, -0.1) is 0 Å². The molecule has 0 atom stereocenters. The Labute approximate surface area is 113 Å². The Hall–Kier alpha value is -1.66. The number of halogens is 3. The fraction of sp³-hybridized carbons (Fsp3) is 0. The van der Waals surface area contributed by atoms with E-state index in [0.717, 1.165) is 18.2 Å². The van der Waals surface area contributed by atoms with Crippen LogP contribution in [0.25, 0.3) is 0 Å². The van der Waals surface area contributed by atoms with Crippen LogP contribution in [0.15, 0.2) is 47.4 Å². The summed E-state index contributed by atoms with van der Waals surface area (Å²) >= 11 is 5.75. The van der Waals surface area contributed by atoms with Crippen molar-refractivity contribution in [1.82, 2.24) is 0 Å². The van der Waals surface area contributed by atoms with Crippen molar-refractivity contribution in [3.8, 4) is 0 Å². The van der Waals surface area contributed by atoms with Gasteiger partial charge in [0.1, 0.15) is 22.2 Å². The van der Waals surface area contributed by atoms with Gasteiger partial charge in [0.05, 0.1) is 5.02 Å². The van der Waals surface area contributed by atoms with Crippen LogP contribution in [0, 0.1) is 11.6 Å². The number of anilines is 1. The van der Waals surface area contributed by atoms with Crippen LogP contribution in [0.1, 0.15) is 0 Å². The maximum atomic E-state index is 13.4. The molecule has 1 N–H and O–H groups in total. The van der Waals surface area contributed by atoms with Gasteiger partial charge in [0.15, 0.2) is 0 Å². The summed E-state index contributed by atoms with van der Waals surface area (Å²) in [5.74, 6) is -2.01. The van der Waals surface area contributed by atoms with Crippen LogP contribution in [-0.4, -0.2) is 8.42 Å². The zero-order chi connectivity index (χ0) is 14.0. The average Bonchev–Trinajstić information content (AvgIpc) is 2.34. The topological polar surface area (TPSA) is 46.2 Å². The van der Waals surface area contributed by atoms with Gasteiger partial charge < -0.3 is 0 Å². The van der Waals surface area contributed by atoms with E-state index < -0.39 is 27.3 Å². The van der Waals surface area contributed by atoms with Crippen molar-refractivity contribution in [3.05, 3.63) is 59.1 Å². The molecule has 0 radical (unpaired) electrons. The Morgan fingerprint density at radius 2 is 1.53 bits per heavy atom. The molecular formula is C12H8ClF2NO2S. The lowest BCUT2D eigenvalue weighted by molar-refractivity contribution is 0.583. The smallest absolute Gasteiger partial charge is 0.263 e. The summed E-state index contributed by atoms with van der Waals surface area (Å²) in [5.41, 5.74) is -0.734. The molecule has 0 aliphatic heterocycles. The maximum Gasteiger partial charge on any atom is 0.263 e. The van der Waals surface area contributed by atoms with Gasteiger partial charge in [-0.2, -0.15) is 0 Å². The van der Waals surface area contributed by atoms with Crippen molar-refractivity contribution in [2.75, 3.05) is 4.72 Å². The monoisotopic (exact) mass is 303 g/mol. The highest BCUT2D eigenvalue weighted by Gasteiger charge is 2.21. The van der Waals surface area contributed by atoms with E-state index in [1.54, 1.807) is 6.07 Å². The van der Waals surface area contributed by atoms with Gasteiger partial charge in [-0.05, 0) is 24.3 Å². The Balaban J connectivity index is 2.46. The molecule has 2 aromatic rings. The van der Waals surface area contributed by atoms with Crippen molar-refractivity contribution in [1.29, 1.82) is 0 Å². The number of rotatable bonds is 3. The summed E-state index contributed by atoms with van der Waals surface area (Å²) in [6.45, 7) is 0. The molecule has 7 heteroatoms.